The quantitative estimate of drug-likeness (QED) is 0.629. The Kier molecular flexibility index (Phi) is 7.99. The third-order valence-corrected chi connectivity index (χ3v) is 5.00. The highest BCUT2D eigenvalue weighted by atomic mass is 32.2. The Morgan fingerprint density at radius 2 is 1.90 bits per heavy atom. The zero-order chi connectivity index (χ0) is 22.5. The van der Waals surface area contributed by atoms with E-state index in [0.717, 1.165) is 6.20 Å². The maximum Gasteiger partial charge on any atom is 0.490 e. The molecular formula is C14H15F6N3O5S. The second-order valence-corrected chi connectivity index (χ2v) is 7.46. The number of alkyl halides is 5. The van der Waals surface area contributed by atoms with Crippen LogP contribution in [0.25, 0.3) is 0 Å². The summed E-state index contributed by atoms with van der Waals surface area (Å²) in [6, 6.07) is 2.45. The van der Waals surface area contributed by atoms with Crippen molar-refractivity contribution >= 4 is 16.0 Å². The largest absolute Gasteiger partial charge is 0.490 e. The topological polar surface area (TPSA) is 123 Å². The van der Waals surface area contributed by atoms with Gasteiger partial charge in [-0.05, 0) is 6.07 Å². The van der Waals surface area contributed by atoms with Crippen LogP contribution in [0.2, 0.25) is 0 Å². The van der Waals surface area contributed by atoms with Crippen LogP contribution in [0, 0.1) is 0 Å². The Bertz CT molecular complexity index is 834. The Morgan fingerprint density at radius 3 is 2.24 bits per heavy atom. The van der Waals surface area contributed by atoms with Crippen LogP contribution in [0.1, 0.15) is 0 Å². The van der Waals surface area contributed by atoms with E-state index >= 15 is 0 Å². The number of pyridine rings is 1. The highest BCUT2D eigenvalue weighted by molar-refractivity contribution is 7.89. The molecule has 0 amide bonds. The molecule has 0 atom stereocenters. The van der Waals surface area contributed by atoms with E-state index in [-0.39, 0.29) is 29.5 Å². The molecule has 0 aromatic carbocycles. The number of ether oxygens (including phenoxy) is 1. The lowest BCUT2D eigenvalue weighted by atomic mass is 10.2. The first kappa shape index (κ1) is 24.6. The first-order chi connectivity index (χ1) is 13.2. The van der Waals surface area contributed by atoms with Gasteiger partial charge in [-0.15, -0.1) is 0 Å². The average Bonchev–Trinajstić information content (AvgIpc) is 2.60. The van der Waals surface area contributed by atoms with Crippen molar-refractivity contribution in [3.63, 3.8) is 0 Å². The number of rotatable bonds is 6. The monoisotopic (exact) mass is 451 g/mol. The van der Waals surface area contributed by atoms with E-state index in [0.29, 0.717) is 10.6 Å². The predicted molar refractivity (Wildman–Crippen MR) is 85.4 cm³/mol. The SMILES string of the molecule is NC/C(=C\F)COc1ccc(S(=O)(=O)N2CC(F)(F)C2)cn1.O=C(O)C(F)(F)F. The van der Waals surface area contributed by atoms with Gasteiger partial charge in [-0.1, -0.05) is 0 Å². The first-order valence-corrected chi connectivity index (χ1v) is 8.92. The van der Waals surface area contributed by atoms with E-state index in [1.165, 1.54) is 12.1 Å². The molecule has 1 aromatic rings. The second kappa shape index (κ2) is 9.41. The molecule has 15 heteroatoms. The number of hydrogen-bond donors (Lipinski definition) is 2. The number of carbonyl (C=O) groups is 1. The predicted octanol–water partition coefficient (Wildman–Crippen LogP) is 1.55. The van der Waals surface area contributed by atoms with E-state index in [9.17, 15) is 34.8 Å². The van der Waals surface area contributed by atoms with Gasteiger partial charge in [-0.25, -0.2) is 31.4 Å². The molecule has 8 nitrogen and oxygen atoms in total. The van der Waals surface area contributed by atoms with Crippen molar-refractivity contribution in [3.8, 4) is 5.88 Å². The fourth-order valence-corrected chi connectivity index (χ4v) is 3.14. The van der Waals surface area contributed by atoms with E-state index < -0.39 is 41.2 Å². The van der Waals surface area contributed by atoms with Crippen molar-refractivity contribution in [2.24, 2.45) is 5.73 Å². The summed E-state index contributed by atoms with van der Waals surface area (Å²) in [6.07, 6.45) is -3.76. The van der Waals surface area contributed by atoms with E-state index in [1.54, 1.807) is 0 Å². The Hall–Kier alpha value is -2.39. The summed E-state index contributed by atoms with van der Waals surface area (Å²) in [4.78, 5) is 12.4. The Balaban J connectivity index is 0.000000516. The minimum absolute atomic E-state index is 0.0217. The molecule has 3 N–H and O–H groups in total. The normalized spacial score (nSPS) is 17.0. The molecule has 0 radical (unpaired) electrons. The van der Waals surface area contributed by atoms with Gasteiger partial charge in [-0.3, -0.25) is 0 Å². The zero-order valence-corrected chi connectivity index (χ0v) is 15.2. The molecule has 1 fully saturated rings. The fraction of sp³-hybridized carbons (Fsp3) is 0.429. The number of aromatic nitrogens is 1. The minimum Gasteiger partial charge on any atom is -0.475 e. The molecule has 1 aliphatic rings. The van der Waals surface area contributed by atoms with Gasteiger partial charge in [0.1, 0.15) is 11.5 Å². The maximum atomic E-state index is 12.8. The second-order valence-electron chi connectivity index (χ2n) is 5.52. The van der Waals surface area contributed by atoms with Crippen LogP contribution < -0.4 is 10.5 Å². The number of hydrogen-bond acceptors (Lipinski definition) is 6. The zero-order valence-electron chi connectivity index (χ0n) is 14.4. The van der Waals surface area contributed by atoms with Gasteiger partial charge in [0.2, 0.25) is 15.9 Å². The van der Waals surface area contributed by atoms with Crippen molar-refractivity contribution in [2.75, 3.05) is 26.2 Å². The summed E-state index contributed by atoms with van der Waals surface area (Å²) in [5.74, 6) is -5.67. The highest BCUT2D eigenvalue weighted by Gasteiger charge is 2.49. The molecule has 2 rings (SSSR count). The first-order valence-electron chi connectivity index (χ1n) is 7.48. The Morgan fingerprint density at radius 1 is 1.34 bits per heavy atom. The van der Waals surface area contributed by atoms with Gasteiger partial charge >= 0.3 is 12.1 Å². The lowest BCUT2D eigenvalue weighted by Crippen LogP contribution is -2.58. The molecule has 164 valence electrons. The molecule has 1 saturated heterocycles. The van der Waals surface area contributed by atoms with Crippen LogP contribution in [-0.2, 0) is 14.8 Å². The summed E-state index contributed by atoms with van der Waals surface area (Å²) < 4.78 is 99.3. The van der Waals surface area contributed by atoms with Crippen LogP contribution in [0.5, 0.6) is 5.88 Å². The lowest BCUT2D eigenvalue weighted by molar-refractivity contribution is -0.192. The lowest BCUT2D eigenvalue weighted by Gasteiger charge is -2.37. The van der Waals surface area contributed by atoms with Crippen LogP contribution in [-0.4, -0.2) is 67.1 Å². The molecular weight excluding hydrogens is 436 g/mol. The van der Waals surface area contributed by atoms with Gasteiger partial charge in [0.05, 0.1) is 25.6 Å². The molecule has 29 heavy (non-hydrogen) atoms. The molecule has 1 aliphatic heterocycles. The third-order valence-electron chi connectivity index (χ3n) is 3.23. The molecule has 0 unspecified atom stereocenters. The number of nitrogens with two attached hydrogens (primary N) is 1. The molecule has 1 aromatic heterocycles. The van der Waals surface area contributed by atoms with Crippen molar-refractivity contribution in [1.82, 2.24) is 9.29 Å². The van der Waals surface area contributed by atoms with Crippen molar-refractivity contribution in [2.45, 2.75) is 17.0 Å². The Labute approximate surface area is 160 Å². The van der Waals surface area contributed by atoms with Gasteiger partial charge in [0.25, 0.3) is 5.92 Å². The summed E-state index contributed by atoms with van der Waals surface area (Å²) >= 11 is 0. The third kappa shape index (κ3) is 7.17. The number of carboxylic acid groups (broad SMARTS) is 1. The molecule has 0 spiro atoms. The van der Waals surface area contributed by atoms with Gasteiger partial charge in [0.15, 0.2) is 0 Å². The number of sulfonamides is 1. The van der Waals surface area contributed by atoms with E-state index in [4.69, 9.17) is 20.4 Å². The summed E-state index contributed by atoms with van der Waals surface area (Å²) in [5.41, 5.74) is 5.46. The van der Waals surface area contributed by atoms with Crippen LogP contribution in [0.15, 0.2) is 35.1 Å². The van der Waals surface area contributed by atoms with Gasteiger partial charge < -0.3 is 15.6 Å². The standard InChI is InChI=1S/C12H14F3N3O3S.C2HF3O2/c13-3-9(4-16)6-21-11-2-1-10(5-17-11)22(19,20)18-7-12(14,15)8-18;3-2(4,5)1(6)7/h1-3,5H,4,6-8,16H2;(H,6,7)/b9-3+;. The van der Waals surface area contributed by atoms with Crippen LogP contribution >= 0.6 is 0 Å². The molecule has 0 aliphatic carbocycles. The average molecular weight is 451 g/mol. The molecule has 2 heterocycles. The number of nitrogens with zero attached hydrogens (tertiary/aromatic N) is 2. The molecule has 0 bridgehead atoms. The van der Waals surface area contributed by atoms with E-state index in [2.05, 4.69) is 4.98 Å². The van der Waals surface area contributed by atoms with Crippen LogP contribution in [0.3, 0.4) is 0 Å². The fourth-order valence-electron chi connectivity index (χ4n) is 1.70. The van der Waals surface area contributed by atoms with Gasteiger partial charge in [0, 0.05) is 18.2 Å². The number of carboxylic acids is 1. The summed E-state index contributed by atoms with van der Waals surface area (Å²) in [6.45, 7) is -1.82. The summed E-state index contributed by atoms with van der Waals surface area (Å²) in [7, 11) is -3.99. The van der Waals surface area contributed by atoms with Crippen molar-refractivity contribution < 1.29 is 49.4 Å². The summed E-state index contributed by atoms with van der Waals surface area (Å²) in [5, 5.41) is 7.12. The number of halogens is 6. The van der Waals surface area contributed by atoms with Crippen molar-refractivity contribution in [1.29, 1.82) is 0 Å². The smallest absolute Gasteiger partial charge is 0.475 e. The van der Waals surface area contributed by atoms with Crippen molar-refractivity contribution in [3.05, 3.63) is 30.2 Å². The highest BCUT2D eigenvalue weighted by Crippen LogP contribution is 2.32. The number of aliphatic carboxylic acids is 1. The minimum atomic E-state index is -5.08. The maximum absolute atomic E-state index is 12.8. The van der Waals surface area contributed by atoms with E-state index in [1.807, 2.05) is 0 Å². The van der Waals surface area contributed by atoms with Gasteiger partial charge in [-0.2, -0.15) is 17.5 Å². The van der Waals surface area contributed by atoms with Crippen LogP contribution in [0.4, 0.5) is 26.3 Å². The molecule has 0 saturated carbocycles.